The second kappa shape index (κ2) is 10.00. The highest BCUT2D eigenvalue weighted by molar-refractivity contribution is 7.22. The Balaban J connectivity index is 1.91. The van der Waals surface area contributed by atoms with E-state index in [-0.39, 0.29) is 17.8 Å². The zero-order valence-electron chi connectivity index (χ0n) is 17.9. The SMILES string of the molecule is CCN(CC)CCN(C(=O)c1ccc(OC(C)C)cc1)c1nc2c(F)cccc2s1. The predicted octanol–water partition coefficient (Wildman–Crippen LogP) is 5.21. The van der Waals surface area contributed by atoms with Gasteiger partial charge in [0.25, 0.3) is 5.91 Å². The lowest BCUT2D eigenvalue weighted by Gasteiger charge is -2.24. The summed E-state index contributed by atoms with van der Waals surface area (Å²) >= 11 is 1.33. The van der Waals surface area contributed by atoms with Crippen LogP contribution in [-0.4, -0.2) is 48.1 Å². The molecule has 5 nitrogen and oxygen atoms in total. The highest BCUT2D eigenvalue weighted by Gasteiger charge is 2.22. The summed E-state index contributed by atoms with van der Waals surface area (Å²) in [6.45, 7) is 11.1. The number of rotatable bonds is 9. The third-order valence-electron chi connectivity index (χ3n) is 4.84. The largest absolute Gasteiger partial charge is 0.491 e. The van der Waals surface area contributed by atoms with E-state index in [0.717, 1.165) is 23.5 Å². The maximum atomic E-state index is 14.2. The molecule has 7 heteroatoms. The van der Waals surface area contributed by atoms with E-state index < -0.39 is 0 Å². The van der Waals surface area contributed by atoms with E-state index in [1.165, 1.54) is 17.4 Å². The Bertz CT molecular complexity index is 984. The van der Waals surface area contributed by atoms with Crippen molar-refractivity contribution in [2.45, 2.75) is 33.8 Å². The molecule has 3 aromatic rings. The van der Waals surface area contributed by atoms with Gasteiger partial charge in [-0.15, -0.1) is 0 Å². The molecule has 30 heavy (non-hydrogen) atoms. The minimum absolute atomic E-state index is 0.0646. The number of hydrogen-bond acceptors (Lipinski definition) is 5. The Hall–Kier alpha value is -2.51. The third kappa shape index (κ3) is 5.15. The van der Waals surface area contributed by atoms with E-state index in [9.17, 15) is 9.18 Å². The molecule has 0 unspecified atom stereocenters. The maximum Gasteiger partial charge on any atom is 0.260 e. The van der Waals surface area contributed by atoms with Crippen molar-refractivity contribution in [1.29, 1.82) is 0 Å². The molecule has 0 fully saturated rings. The molecule has 160 valence electrons. The highest BCUT2D eigenvalue weighted by atomic mass is 32.1. The fraction of sp³-hybridized carbons (Fsp3) is 0.391. The molecule has 0 atom stereocenters. The van der Waals surface area contributed by atoms with Crippen LogP contribution in [-0.2, 0) is 0 Å². The van der Waals surface area contributed by atoms with Crippen molar-refractivity contribution < 1.29 is 13.9 Å². The van der Waals surface area contributed by atoms with Gasteiger partial charge in [-0.3, -0.25) is 9.69 Å². The normalized spacial score (nSPS) is 11.4. The van der Waals surface area contributed by atoms with Gasteiger partial charge in [0.15, 0.2) is 5.13 Å². The van der Waals surface area contributed by atoms with Gasteiger partial charge in [0.2, 0.25) is 0 Å². The summed E-state index contributed by atoms with van der Waals surface area (Å²) in [6, 6.07) is 12.0. The van der Waals surface area contributed by atoms with Crippen LogP contribution >= 0.6 is 11.3 Å². The first-order valence-corrected chi connectivity index (χ1v) is 11.1. The Kier molecular flexibility index (Phi) is 7.39. The number of aromatic nitrogens is 1. The number of amides is 1. The Morgan fingerprint density at radius 1 is 1.10 bits per heavy atom. The zero-order chi connectivity index (χ0) is 21.7. The smallest absolute Gasteiger partial charge is 0.260 e. The molecule has 0 aliphatic heterocycles. The summed E-state index contributed by atoms with van der Waals surface area (Å²) in [7, 11) is 0. The number of thiazole rings is 1. The van der Waals surface area contributed by atoms with Gasteiger partial charge in [0.05, 0.1) is 10.8 Å². The first-order chi connectivity index (χ1) is 14.4. The lowest BCUT2D eigenvalue weighted by atomic mass is 10.2. The van der Waals surface area contributed by atoms with Gasteiger partial charge >= 0.3 is 0 Å². The van der Waals surface area contributed by atoms with E-state index in [2.05, 4.69) is 23.7 Å². The Morgan fingerprint density at radius 2 is 1.80 bits per heavy atom. The van der Waals surface area contributed by atoms with Gasteiger partial charge in [-0.05, 0) is 63.3 Å². The van der Waals surface area contributed by atoms with Crippen LogP contribution in [0, 0.1) is 5.82 Å². The quantitative estimate of drug-likeness (QED) is 0.468. The summed E-state index contributed by atoms with van der Waals surface area (Å²) in [6.07, 6.45) is 0.0646. The molecular formula is C23H28FN3O2S. The van der Waals surface area contributed by atoms with Gasteiger partial charge in [0, 0.05) is 18.7 Å². The summed E-state index contributed by atoms with van der Waals surface area (Å²) in [4.78, 5) is 21.7. The molecule has 1 amide bonds. The topological polar surface area (TPSA) is 45.7 Å². The van der Waals surface area contributed by atoms with E-state index in [4.69, 9.17) is 4.74 Å². The molecule has 0 bridgehead atoms. The van der Waals surface area contributed by atoms with E-state index in [1.54, 1.807) is 35.2 Å². The van der Waals surface area contributed by atoms with Crippen molar-refractivity contribution in [3.05, 3.63) is 53.8 Å². The number of hydrogen-bond donors (Lipinski definition) is 0. The molecule has 0 aliphatic carbocycles. The number of anilines is 1. The van der Waals surface area contributed by atoms with Crippen LogP contribution in [0.5, 0.6) is 5.75 Å². The monoisotopic (exact) mass is 429 g/mol. The number of fused-ring (bicyclic) bond motifs is 1. The number of para-hydroxylation sites is 1. The van der Waals surface area contributed by atoms with Crippen LogP contribution in [0.4, 0.5) is 9.52 Å². The maximum absolute atomic E-state index is 14.2. The van der Waals surface area contributed by atoms with Gasteiger partial charge < -0.3 is 9.64 Å². The van der Waals surface area contributed by atoms with Crippen LogP contribution in [0.1, 0.15) is 38.1 Å². The average molecular weight is 430 g/mol. The van der Waals surface area contributed by atoms with Crippen molar-refractivity contribution in [3.8, 4) is 5.75 Å². The Labute approximate surface area is 181 Å². The van der Waals surface area contributed by atoms with Crippen LogP contribution in [0.15, 0.2) is 42.5 Å². The van der Waals surface area contributed by atoms with Gasteiger partial charge in [-0.2, -0.15) is 0 Å². The first-order valence-electron chi connectivity index (χ1n) is 10.3. The molecule has 1 heterocycles. The molecule has 1 aromatic heterocycles. The van der Waals surface area contributed by atoms with Crippen molar-refractivity contribution in [2.24, 2.45) is 0 Å². The molecular weight excluding hydrogens is 401 g/mol. The lowest BCUT2D eigenvalue weighted by Crippen LogP contribution is -2.38. The van der Waals surface area contributed by atoms with Gasteiger partial charge in [-0.1, -0.05) is 31.3 Å². The lowest BCUT2D eigenvalue weighted by molar-refractivity contribution is 0.0983. The summed E-state index contributed by atoms with van der Waals surface area (Å²) in [5, 5.41) is 0.509. The molecule has 0 N–H and O–H groups in total. The minimum Gasteiger partial charge on any atom is -0.491 e. The van der Waals surface area contributed by atoms with Crippen LogP contribution < -0.4 is 9.64 Å². The van der Waals surface area contributed by atoms with Crippen LogP contribution in [0.25, 0.3) is 10.2 Å². The van der Waals surface area contributed by atoms with E-state index in [1.807, 2.05) is 19.9 Å². The van der Waals surface area contributed by atoms with Gasteiger partial charge in [-0.25, -0.2) is 9.37 Å². The van der Waals surface area contributed by atoms with Crippen LogP contribution in [0.2, 0.25) is 0 Å². The van der Waals surface area contributed by atoms with Crippen molar-refractivity contribution in [1.82, 2.24) is 9.88 Å². The summed E-state index contributed by atoms with van der Waals surface area (Å²) in [5.74, 6) is 0.192. The molecule has 0 saturated heterocycles. The standard InChI is InChI=1S/C23H28FN3O2S/c1-5-26(6-2)14-15-27(23-25-21-19(24)8-7-9-20(21)30-23)22(28)17-10-12-18(13-11-17)29-16(3)4/h7-13,16H,5-6,14-15H2,1-4H3. The average Bonchev–Trinajstić information content (AvgIpc) is 3.16. The zero-order valence-corrected chi connectivity index (χ0v) is 18.7. The summed E-state index contributed by atoms with van der Waals surface area (Å²) < 4.78 is 20.6. The van der Waals surface area contributed by atoms with E-state index in [0.29, 0.717) is 29.3 Å². The Morgan fingerprint density at radius 3 is 2.40 bits per heavy atom. The van der Waals surface area contributed by atoms with E-state index >= 15 is 0 Å². The van der Waals surface area contributed by atoms with Crippen molar-refractivity contribution in [3.63, 3.8) is 0 Å². The molecule has 2 aromatic carbocycles. The molecule has 0 radical (unpaired) electrons. The minimum atomic E-state index is -0.374. The molecule has 0 saturated carbocycles. The number of carbonyl (C=O) groups excluding carboxylic acids is 1. The molecule has 0 aliphatic rings. The number of nitrogens with zero attached hydrogens (tertiary/aromatic N) is 3. The number of benzene rings is 2. The summed E-state index contributed by atoms with van der Waals surface area (Å²) in [5.41, 5.74) is 0.851. The second-order valence-corrected chi connectivity index (χ2v) is 8.27. The number of ether oxygens (including phenoxy) is 1. The van der Waals surface area contributed by atoms with Crippen LogP contribution in [0.3, 0.4) is 0 Å². The number of carbonyl (C=O) groups is 1. The van der Waals surface area contributed by atoms with Crippen molar-refractivity contribution >= 4 is 32.6 Å². The van der Waals surface area contributed by atoms with Gasteiger partial charge in [0.1, 0.15) is 17.1 Å². The third-order valence-corrected chi connectivity index (χ3v) is 5.89. The predicted molar refractivity (Wildman–Crippen MR) is 121 cm³/mol. The molecule has 0 spiro atoms. The fourth-order valence-electron chi connectivity index (χ4n) is 3.19. The number of likely N-dealkylation sites (N-methyl/N-ethyl adjacent to an activating group) is 1. The molecule has 3 rings (SSSR count). The fourth-order valence-corrected chi connectivity index (χ4v) is 4.19. The highest BCUT2D eigenvalue weighted by Crippen LogP contribution is 2.31. The number of halogens is 1. The van der Waals surface area contributed by atoms with Crippen molar-refractivity contribution in [2.75, 3.05) is 31.1 Å². The second-order valence-electron chi connectivity index (χ2n) is 7.26. The first kappa shape index (κ1) is 22.2.